The van der Waals surface area contributed by atoms with E-state index in [1.54, 1.807) is 24.5 Å². The summed E-state index contributed by atoms with van der Waals surface area (Å²) in [6.07, 6.45) is 3.25. The maximum atomic E-state index is 13.2. The molecule has 6 nitrogen and oxygen atoms in total. The molecule has 0 unspecified atom stereocenters. The first-order valence-corrected chi connectivity index (χ1v) is 6.73. The number of rotatable bonds is 4. The van der Waals surface area contributed by atoms with Crippen LogP contribution in [-0.2, 0) is 0 Å². The maximum absolute atomic E-state index is 13.2. The molecule has 0 atom stereocenters. The van der Waals surface area contributed by atoms with Gasteiger partial charge in [0, 0.05) is 30.6 Å². The molecule has 0 amide bonds. The van der Waals surface area contributed by atoms with Crippen LogP contribution in [0.5, 0.6) is 0 Å². The van der Waals surface area contributed by atoms with E-state index in [0.29, 0.717) is 22.8 Å². The Labute approximate surface area is 130 Å². The van der Waals surface area contributed by atoms with Crippen LogP contribution in [-0.4, -0.2) is 28.7 Å². The van der Waals surface area contributed by atoms with Gasteiger partial charge in [0.25, 0.3) is 0 Å². The van der Waals surface area contributed by atoms with Crippen molar-refractivity contribution in [2.45, 2.75) is 0 Å². The number of nitrogens with zero attached hydrogens (tertiary/aromatic N) is 4. The SMILES string of the molecule is NCC1=NN=C(c2ccncc2)/C1=N\Nc1ccc(F)c(F)c1. The average molecular weight is 314 g/mol. The molecule has 2 heterocycles. The number of hydrogen-bond donors (Lipinski definition) is 2. The highest BCUT2D eigenvalue weighted by Crippen LogP contribution is 2.14. The van der Waals surface area contributed by atoms with Crippen molar-refractivity contribution in [1.82, 2.24) is 4.98 Å². The summed E-state index contributed by atoms with van der Waals surface area (Å²) in [5, 5.41) is 12.3. The maximum Gasteiger partial charge on any atom is 0.160 e. The molecule has 0 fully saturated rings. The predicted octanol–water partition coefficient (Wildman–Crippen LogP) is 1.95. The fourth-order valence-electron chi connectivity index (χ4n) is 1.99. The van der Waals surface area contributed by atoms with Crippen molar-refractivity contribution in [3.8, 4) is 0 Å². The van der Waals surface area contributed by atoms with Crippen LogP contribution >= 0.6 is 0 Å². The largest absolute Gasteiger partial charge is 0.325 e. The monoisotopic (exact) mass is 314 g/mol. The molecule has 0 spiro atoms. The second-order valence-corrected chi connectivity index (χ2v) is 4.64. The predicted molar refractivity (Wildman–Crippen MR) is 84.7 cm³/mol. The first-order valence-electron chi connectivity index (χ1n) is 6.73. The highest BCUT2D eigenvalue weighted by molar-refractivity contribution is 6.73. The lowest BCUT2D eigenvalue weighted by atomic mass is 10.0. The number of pyridine rings is 1. The standard InChI is InChI=1S/C15H12F2N6/c16-11-2-1-10(7-12(11)17)20-23-15-13(8-18)21-22-14(15)9-3-5-19-6-4-9/h1-7,20H,8,18H2/b23-15-. The average Bonchev–Trinajstić information content (AvgIpc) is 2.99. The molecule has 1 aliphatic rings. The molecule has 0 bridgehead atoms. The third-order valence-corrected chi connectivity index (χ3v) is 3.13. The lowest BCUT2D eigenvalue weighted by Gasteiger charge is -2.06. The molecule has 3 N–H and O–H groups in total. The molecule has 3 rings (SSSR count). The van der Waals surface area contributed by atoms with Gasteiger partial charge in [-0.05, 0) is 24.3 Å². The fourth-order valence-corrected chi connectivity index (χ4v) is 1.99. The van der Waals surface area contributed by atoms with Crippen LogP contribution in [0.15, 0.2) is 58.0 Å². The van der Waals surface area contributed by atoms with E-state index < -0.39 is 11.6 Å². The number of halogens is 2. The molecule has 0 aliphatic carbocycles. The number of anilines is 1. The number of nitrogens with two attached hydrogens (primary N) is 1. The quantitative estimate of drug-likeness (QED) is 0.845. The minimum atomic E-state index is -0.961. The van der Waals surface area contributed by atoms with Crippen molar-refractivity contribution in [1.29, 1.82) is 0 Å². The van der Waals surface area contributed by atoms with Gasteiger partial charge in [0.15, 0.2) is 11.6 Å². The Hall–Kier alpha value is -3.00. The molecule has 1 aromatic heterocycles. The van der Waals surface area contributed by atoms with Crippen molar-refractivity contribution in [3.63, 3.8) is 0 Å². The van der Waals surface area contributed by atoms with Gasteiger partial charge in [-0.25, -0.2) is 8.78 Å². The van der Waals surface area contributed by atoms with Crippen LogP contribution in [0.25, 0.3) is 0 Å². The molecular formula is C15H12F2N6. The van der Waals surface area contributed by atoms with E-state index in [1.165, 1.54) is 6.07 Å². The van der Waals surface area contributed by atoms with Gasteiger partial charge in [-0.2, -0.15) is 10.2 Å². The van der Waals surface area contributed by atoms with Crippen LogP contribution in [0, 0.1) is 11.6 Å². The molecule has 0 saturated heterocycles. The van der Waals surface area contributed by atoms with Crippen molar-refractivity contribution < 1.29 is 8.78 Å². The summed E-state index contributed by atoms with van der Waals surface area (Å²) in [6.45, 7) is 0.149. The lowest BCUT2D eigenvalue weighted by molar-refractivity contribution is 0.509. The third kappa shape index (κ3) is 3.11. The topological polar surface area (TPSA) is 88.0 Å². The molecule has 116 valence electrons. The number of hydrogen-bond acceptors (Lipinski definition) is 6. The van der Waals surface area contributed by atoms with Gasteiger partial charge in [-0.15, -0.1) is 5.10 Å². The van der Waals surface area contributed by atoms with Gasteiger partial charge in [-0.3, -0.25) is 10.4 Å². The van der Waals surface area contributed by atoms with Crippen LogP contribution in [0.4, 0.5) is 14.5 Å². The fraction of sp³-hybridized carbons (Fsp3) is 0.0667. The Morgan fingerprint density at radius 2 is 1.83 bits per heavy atom. The smallest absolute Gasteiger partial charge is 0.160 e. The van der Waals surface area contributed by atoms with E-state index in [9.17, 15) is 8.78 Å². The van der Waals surface area contributed by atoms with Gasteiger partial charge in [-0.1, -0.05) is 0 Å². The summed E-state index contributed by atoms with van der Waals surface area (Å²) in [5.74, 6) is -1.88. The number of benzene rings is 1. The lowest BCUT2D eigenvalue weighted by Crippen LogP contribution is -2.28. The van der Waals surface area contributed by atoms with E-state index in [-0.39, 0.29) is 6.54 Å². The van der Waals surface area contributed by atoms with Crippen LogP contribution in [0.3, 0.4) is 0 Å². The molecular weight excluding hydrogens is 302 g/mol. The van der Waals surface area contributed by atoms with E-state index in [0.717, 1.165) is 17.7 Å². The summed E-state index contributed by atoms with van der Waals surface area (Å²) in [5.41, 5.74) is 10.9. The summed E-state index contributed by atoms with van der Waals surface area (Å²) in [6, 6.07) is 6.93. The van der Waals surface area contributed by atoms with Gasteiger partial charge in [0.05, 0.1) is 5.69 Å². The third-order valence-electron chi connectivity index (χ3n) is 3.13. The van der Waals surface area contributed by atoms with Crippen molar-refractivity contribution in [2.24, 2.45) is 21.0 Å². The molecule has 23 heavy (non-hydrogen) atoms. The first-order chi connectivity index (χ1) is 11.2. The summed E-state index contributed by atoms with van der Waals surface area (Å²) >= 11 is 0. The highest BCUT2D eigenvalue weighted by atomic mass is 19.2. The van der Waals surface area contributed by atoms with Crippen molar-refractivity contribution in [3.05, 3.63) is 59.9 Å². The van der Waals surface area contributed by atoms with E-state index in [1.807, 2.05) is 0 Å². The Balaban J connectivity index is 1.89. The Bertz CT molecular complexity index is 814. The van der Waals surface area contributed by atoms with Crippen LogP contribution in [0.2, 0.25) is 0 Å². The normalized spacial score (nSPS) is 15.5. The number of nitrogens with one attached hydrogen (secondary N) is 1. The van der Waals surface area contributed by atoms with Gasteiger partial charge in [0.2, 0.25) is 0 Å². The Morgan fingerprint density at radius 1 is 1.04 bits per heavy atom. The molecule has 0 saturated carbocycles. The second kappa shape index (κ2) is 6.41. The second-order valence-electron chi connectivity index (χ2n) is 4.64. The van der Waals surface area contributed by atoms with E-state index in [2.05, 4.69) is 25.7 Å². The Kier molecular flexibility index (Phi) is 4.15. The van der Waals surface area contributed by atoms with Crippen LogP contribution < -0.4 is 11.2 Å². The zero-order valence-corrected chi connectivity index (χ0v) is 11.9. The van der Waals surface area contributed by atoms with E-state index >= 15 is 0 Å². The van der Waals surface area contributed by atoms with Gasteiger partial charge in [0.1, 0.15) is 17.1 Å². The zero-order valence-electron chi connectivity index (χ0n) is 11.9. The van der Waals surface area contributed by atoms with E-state index in [4.69, 9.17) is 5.73 Å². The molecule has 1 aromatic carbocycles. The minimum absolute atomic E-state index is 0.149. The van der Waals surface area contributed by atoms with Crippen LogP contribution in [0.1, 0.15) is 5.56 Å². The Morgan fingerprint density at radius 3 is 2.52 bits per heavy atom. The first kappa shape index (κ1) is 14.9. The summed E-state index contributed by atoms with van der Waals surface area (Å²) in [7, 11) is 0. The number of hydrazone groups is 1. The van der Waals surface area contributed by atoms with Crippen molar-refractivity contribution >= 4 is 22.8 Å². The summed E-state index contributed by atoms with van der Waals surface area (Å²) < 4.78 is 26.2. The highest BCUT2D eigenvalue weighted by Gasteiger charge is 2.22. The number of aromatic nitrogens is 1. The molecule has 0 radical (unpaired) electrons. The zero-order chi connectivity index (χ0) is 16.2. The molecule has 1 aliphatic heterocycles. The van der Waals surface area contributed by atoms with Gasteiger partial charge < -0.3 is 5.73 Å². The molecule has 2 aromatic rings. The van der Waals surface area contributed by atoms with Gasteiger partial charge >= 0.3 is 0 Å². The summed E-state index contributed by atoms with van der Waals surface area (Å²) in [4.78, 5) is 3.94. The molecule has 8 heteroatoms. The minimum Gasteiger partial charge on any atom is -0.325 e. The van der Waals surface area contributed by atoms with Crippen molar-refractivity contribution in [2.75, 3.05) is 12.0 Å².